The van der Waals surface area contributed by atoms with E-state index in [0.717, 1.165) is 44.9 Å². The molecule has 98 valence electrons. The van der Waals surface area contributed by atoms with Crippen LogP contribution in [-0.4, -0.2) is 6.10 Å². The van der Waals surface area contributed by atoms with Gasteiger partial charge >= 0.3 is 0 Å². The van der Waals surface area contributed by atoms with E-state index < -0.39 is 11.6 Å². The highest BCUT2D eigenvalue weighted by Crippen LogP contribution is 2.39. The summed E-state index contributed by atoms with van der Waals surface area (Å²) >= 11 is 0. The molecule has 2 fully saturated rings. The zero-order chi connectivity index (χ0) is 12.5. The van der Waals surface area contributed by atoms with Crippen molar-refractivity contribution < 1.29 is 13.5 Å². The first-order valence-corrected chi connectivity index (χ1v) is 6.90. The number of ether oxygens (including phenoxy) is 1. The van der Waals surface area contributed by atoms with Crippen molar-refractivity contribution in [2.45, 2.75) is 57.0 Å². The molecule has 1 nitrogen and oxygen atoms in total. The van der Waals surface area contributed by atoms with Crippen molar-refractivity contribution in [2.24, 2.45) is 0 Å². The van der Waals surface area contributed by atoms with Crippen molar-refractivity contribution in [3.63, 3.8) is 0 Å². The lowest BCUT2D eigenvalue weighted by Gasteiger charge is -2.26. The molecule has 0 aromatic heterocycles. The second kappa shape index (κ2) is 4.87. The number of hydrogen-bond donors (Lipinski definition) is 0. The van der Waals surface area contributed by atoms with Gasteiger partial charge in [-0.25, -0.2) is 4.39 Å². The number of benzene rings is 1. The van der Waals surface area contributed by atoms with Gasteiger partial charge in [0.15, 0.2) is 11.6 Å². The van der Waals surface area contributed by atoms with Gasteiger partial charge < -0.3 is 4.74 Å². The van der Waals surface area contributed by atoms with Crippen molar-refractivity contribution in [1.82, 2.24) is 0 Å². The summed E-state index contributed by atoms with van der Waals surface area (Å²) in [7, 11) is 0. The van der Waals surface area contributed by atoms with E-state index in [2.05, 4.69) is 0 Å². The normalized spacial score (nSPS) is 21.0. The van der Waals surface area contributed by atoms with Crippen LogP contribution in [0.2, 0.25) is 0 Å². The minimum absolute atomic E-state index is 0.0634. The molecule has 0 radical (unpaired) electrons. The van der Waals surface area contributed by atoms with Crippen LogP contribution in [0.3, 0.4) is 0 Å². The van der Waals surface area contributed by atoms with Gasteiger partial charge in [0.25, 0.3) is 0 Å². The predicted octanol–water partition coefficient (Wildman–Crippen LogP) is 4.55. The quantitative estimate of drug-likeness (QED) is 0.766. The van der Waals surface area contributed by atoms with Crippen LogP contribution in [0.5, 0.6) is 5.75 Å². The van der Waals surface area contributed by atoms with Gasteiger partial charge in [0.05, 0.1) is 6.10 Å². The highest BCUT2D eigenvalue weighted by Gasteiger charge is 2.26. The molecule has 2 aliphatic carbocycles. The minimum atomic E-state index is -0.800. The molecule has 2 saturated carbocycles. The van der Waals surface area contributed by atoms with E-state index in [1.165, 1.54) is 0 Å². The van der Waals surface area contributed by atoms with Crippen molar-refractivity contribution in [3.8, 4) is 5.75 Å². The van der Waals surface area contributed by atoms with E-state index in [1.54, 1.807) is 12.1 Å². The lowest BCUT2D eigenvalue weighted by Crippen LogP contribution is -2.15. The van der Waals surface area contributed by atoms with E-state index >= 15 is 0 Å². The van der Waals surface area contributed by atoms with E-state index in [0.29, 0.717) is 5.56 Å². The van der Waals surface area contributed by atoms with Crippen LogP contribution in [-0.2, 0) is 0 Å². The van der Waals surface area contributed by atoms with E-state index in [4.69, 9.17) is 4.74 Å². The summed E-state index contributed by atoms with van der Waals surface area (Å²) < 4.78 is 33.4. The smallest absolute Gasteiger partial charge is 0.200 e. The van der Waals surface area contributed by atoms with Gasteiger partial charge in [0.2, 0.25) is 5.82 Å². The molecule has 1 aromatic rings. The zero-order valence-electron chi connectivity index (χ0n) is 10.4. The molecule has 2 aliphatic rings. The molecule has 0 saturated heterocycles. The summed E-state index contributed by atoms with van der Waals surface area (Å²) in [5, 5.41) is 0. The van der Waals surface area contributed by atoms with Crippen LogP contribution in [0, 0.1) is 11.6 Å². The molecule has 0 heterocycles. The molecule has 0 atom stereocenters. The molecular formula is C15H18F2O. The Bertz CT molecular complexity index is 434. The van der Waals surface area contributed by atoms with Crippen LogP contribution in [0.1, 0.15) is 56.4 Å². The molecule has 3 rings (SSSR count). The van der Waals surface area contributed by atoms with Gasteiger partial charge in [-0.05, 0) is 56.1 Å². The SMILES string of the molecule is Fc1c(OC2CCCC2)ccc(C2CCC2)c1F. The maximum Gasteiger partial charge on any atom is 0.200 e. The second-order valence-corrected chi connectivity index (χ2v) is 5.43. The Morgan fingerprint density at radius 3 is 2.22 bits per heavy atom. The van der Waals surface area contributed by atoms with Crippen molar-refractivity contribution in [1.29, 1.82) is 0 Å². The van der Waals surface area contributed by atoms with Crippen LogP contribution in [0.15, 0.2) is 12.1 Å². The number of rotatable bonds is 3. The lowest BCUT2D eigenvalue weighted by molar-refractivity contribution is 0.197. The maximum absolute atomic E-state index is 14.0. The summed E-state index contributed by atoms with van der Waals surface area (Å²) in [6, 6.07) is 3.30. The Balaban J connectivity index is 1.80. The molecule has 0 spiro atoms. The Morgan fingerprint density at radius 1 is 0.889 bits per heavy atom. The third kappa shape index (κ3) is 2.11. The van der Waals surface area contributed by atoms with Crippen LogP contribution in [0.4, 0.5) is 8.78 Å². The Labute approximate surface area is 106 Å². The largest absolute Gasteiger partial charge is 0.487 e. The summed E-state index contributed by atoms with van der Waals surface area (Å²) in [6.07, 6.45) is 7.26. The van der Waals surface area contributed by atoms with Gasteiger partial charge in [0.1, 0.15) is 0 Å². The highest BCUT2D eigenvalue weighted by atomic mass is 19.2. The van der Waals surface area contributed by atoms with E-state index in [1.807, 2.05) is 0 Å². The number of halogens is 2. The fourth-order valence-corrected chi connectivity index (χ4v) is 2.86. The van der Waals surface area contributed by atoms with Crippen molar-refractivity contribution in [3.05, 3.63) is 29.3 Å². The fourth-order valence-electron chi connectivity index (χ4n) is 2.86. The van der Waals surface area contributed by atoms with Crippen LogP contribution < -0.4 is 4.74 Å². The molecule has 0 N–H and O–H groups in total. The first-order valence-electron chi connectivity index (χ1n) is 6.90. The summed E-state index contributed by atoms with van der Waals surface area (Å²) in [6.45, 7) is 0. The van der Waals surface area contributed by atoms with Crippen molar-refractivity contribution in [2.75, 3.05) is 0 Å². The molecule has 1 aromatic carbocycles. The van der Waals surface area contributed by atoms with Crippen LogP contribution in [0.25, 0.3) is 0 Å². The third-order valence-corrected chi connectivity index (χ3v) is 4.22. The molecule has 0 aliphatic heterocycles. The average Bonchev–Trinajstić information content (AvgIpc) is 2.79. The molecule has 0 bridgehead atoms. The van der Waals surface area contributed by atoms with Crippen molar-refractivity contribution >= 4 is 0 Å². The van der Waals surface area contributed by atoms with E-state index in [9.17, 15) is 8.78 Å². The predicted molar refractivity (Wildman–Crippen MR) is 65.8 cm³/mol. The molecule has 3 heteroatoms. The fraction of sp³-hybridized carbons (Fsp3) is 0.600. The zero-order valence-corrected chi connectivity index (χ0v) is 10.4. The Hall–Kier alpha value is -1.12. The topological polar surface area (TPSA) is 9.23 Å². The van der Waals surface area contributed by atoms with Gasteiger partial charge in [-0.3, -0.25) is 0 Å². The van der Waals surface area contributed by atoms with Gasteiger partial charge in [-0.2, -0.15) is 4.39 Å². The minimum Gasteiger partial charge on any atom is -0.487 e. The first kappa shape index (κ1) is 11.9. The monoisotopic (exact) mass is 252 g/mol. The Kier molecular flexibility index (Phi) is 3.23. The maximum atomic E-state index is 14.0. The lowest BCUT2D eigenvalue weighted by atomic mass is 9.80. The van der Waals surface area contributed by atoms with E-state index in [-0.39, 0.29) is 17.8 Å². The third-order valence-electron chi connectivity index (χ3n) is 4.22. The summed E-state index contributed by atoms with van der Waals surface area (Å²) in [5.74, 6) is -1.20. The van der Waals surface area contributed by atoms with Gasteiger partial charge in [0, 0.05) is 0 Å². The first-order chi connectivity index (χ1) is 8.75. The second-order valence-electron chi connectivity index (χ2n) is 5.43. The van der Waals surface area contributed by atoms with Crippen LogP contribution >= 0.6 is 0 Å². The van der Waals surface area contributed by atoms with Gasteiger partial charge in [-0.1, -0.05) is 12.5 Å². The molecular weight excluding hydrogens is 234 g/mol. The molecule has 0 amide bonds. The molecule has 0 unspecified atom stereocenters. The van der Waals surface area contributed by atoms with Gasteiger partial charge in [-0.15, -0.1) is 0 Å². The number of hydrogen-bond acceptors (Lipinski definition) is 1. The molecule has 18 heavy (non-hydrogen) atoms. The average molecular weight is 252 g/mol. The highest BCUT2D eigenvalue weighted by molar-refractivity contribution is 5.34. The summed E-state index contributed by atoms with van der Waals surface area (Å²) in [5.41, 5.74) is 0.525. The standard InChI is InChI=1S/C15H18F2O/c16-14-12(10-4-3-5-10)8-9-13(15(14)17)18-11-6-1-2-7-11/h8-11H,1-7H2. The Morgan fingerprint density at radius 2 is 1.61 bits per heavy atom. The summed E-state index contributed by atoms with van der Waals surface area (Å²) in [4.78, 5) is 0.